The molecule has 0 radical (unpaired) electrons. The Balaban J connectivity index is 2.16. The Kier molecular flexibility index (Phi) is 6.21. The van der Waals surface area contributed by atoms with E-state index in [1.165, 1.54) is 0 Å². The van der Waals surface area contributed by atoms with Crippen molar-refractivity contribution in [2.45, 2.75) is 45.0 Å². The highest BCUT2D eigenvalue weighted by Gasteiger charge is 2.44. The van der Waals surface area contributed by atoms with Crippen LogP contribution in [0.2, 0.25) is 0 Å². The van der Waals surface area contributed by atoms with E-state index in [9.17, 15) is 14.7 Å². The topological polar surface area (TPSA) is 84.9 Å². The molecule has 0 amide bonds. The Hall–Kier alpha value is -2.60. The first-order valence-corrected chi connectivity index (χ1v) is 8.52. The van der Waals surface area contributed by atoms with E-state index in [2.05, 4.69) is 5.32 Å². The summed E-state index contributed by atoms with van der Waals surface area (Å²) < 4.78 is 10.5. The molecule has 1 aliphatic heterocycles. The highest BCUT2D eigenvalue weighted by molar-refractivity contribution is 5.92. The molecule has 26 heavy (non-hydrogen) atoms. The Morgan fingerprint density at radius 2 is 1.85 bits per heavy atom. The molecule has 6 nitrogen and oxygen atoms in total. The van der Waals surface area contributed by atoms with Gasteiger partial charge in [0.15, 0.2) is 0 Å². The normalized spacial score (nSPS) is 16.1. The number of benzene rings is 1. The predicted octanol–water partition coefficient (Wildman–Crippen LogP) is 2.24. The first-order valence-electron chi connectivity index (χ1n) is 8.52. The van der Waals surface area contributed by atoms with Gasteiger partial charge in [-0.05, 0) is 51.1 Å². The van der Waals surface area contributed by atoms with Crippen molar-refractivity contribution in [3.05, 3.63) is 59.8 Å². The maximum atomic E-state index is 12.5. The van der Waals surface area contributed by atoms with Gasteiger partial charge in [-0.15, -0.1) is 0 Å². The van der Waals surface area contributed by atoms with Crippen LogP contribution in [0.5, 0.6) is 0 Å². The quantitative estimate of drug-likeness (QED) is 0.599. The van der Waals surface area contributed by atoms with Crippen LogP contribution in [-0.4, -0.2) is 35.0 Å². The molecule has 0 spiro atoms. The Bertz CT molecular complexity index is 703. The molecule has 1 aromatic carbocycles. The maximum absolute atomic E-state index is 12.5. The Morgan fingerprint density at radius 3 is 2.42 bits per heavy atom. The zero-order valence-corrected chi connectivity index (χ0v) is 15.3. The lowest BCUT2D eigenvalue weighted by atomic mass is 10.0. The number of hydrogen-bond acceptors (Lipinski definition) is 6. The van der Waals surface area contributed by atoms with Gasteiger partial charge >= 0.3 is 17.7 Å². The zero-order valence-electron chi connectivity index (χ0n) is 15.3. The van der Waals surface area contributed by atoms with Crippen molar-refractivity contribution in [1.82, 2.24) is 5.32 Å². The van der Waals surface area contributed by atoms with Gasteiger partial charge in [0.05, 0.1) is 5.57 Å². The number of esters is 2. The van der Waals surface area contributed by atoms with E-state index in [1.54, 1.807) is 39.1 Å². The molecule has 1 aromatic rings. The number of aryl methyl sites for hydroxylation is 1. The lowest BCUT2D eigenvalue weighted by Crippen LogP contribution is -2.48. The van der Waals surface area contributed by atoms with E-state index in [0.717, 1.165) is 5.56 Å². The smallest absolute Gasteiger partial charge is 0.380 e. The van der Waals surface area contributed by atoms with E-state index in [1.807, 2.05) is 30.3 Å². The summed E-state index contributed by atoms with van der Waals surface area (Å²) in [4.78, 5) is 24.9. The summed E-state index contributed by atoms with van der Waals surface area (Å²) >= 11 is 0. The van der Waals surface area contributed by atoms with Gasteiger partial charge in [0, 0.05) is 13.0 Å². The summed E-state index contributed by atoms with van der Waals surface area (Å²) in [5.74, 6) is -4.10. The van der Waals surface area contributed by atoms with Crippen LogP contribution in [0.15, 0.2) is 54.3 Å². The van der Waals surface area contributed by atoms with Gasteiger partial charge in [-0.1, -0.05) is 30.3 Å². The summed E-state index contributed by atoms with van der Waals surface area (Å²) in [7, 11) is 0. The van der Waals surface area contributed by atoms with Crippen molar-refractivity contribution in [1.29, 1.82) is 0 Å². The molecule has 1 atom stereocenters. The highest BCUT2D eigenvalue weighted by atomic mass is 16.7. The van der Waals surface area contributed by atoms with Gasteiger partial charge in [-0.2, -0.15) is 0 Å². The van der Waals surface area contributed by atoms with Gasteiger partial charge in [-0.25, -0.2) is 9.59 Å². The van der Waals surface area contributed by atoms with Gasteiger partial charge in [0.1, 0.15) is 5.60 Å². The second kappa shape index (κ2) is 8.19. The van der Waals surface area contributed by atoms with Crippen LogP contribution in [0.25, 0.3) is 0 Å². The third-order valence-electron chi connectivity index (χ3n) is 3.64. The number of aliphatic hydroxyl groups is 1. The highest BCUT2D eigenvalue weighted by Crippen LogP contribution is 2.23. The van der Waals surface area contributed by atoms with Crippen LogP contribution in [0.1, 0.15) is 32.8 Å². The maximum Gasteiger partial charge on any atom is 0.380 e. The van der Waals surface area contributed by atoms with Crippen LogP contribution >= 0.6 is 0 Å². The van der Waals surface area contributed by atoms with Crippen molar-refractivity contribution < 1.29 is 24.2 Å². The van der Waals surface area contributed by atoms with Crippen LogP contribution in [-0.2, 0) is 25.5 Å². The van der Waals surface area contributed by atoms with E-state index in [-0.39, 0.29) is 13.0 Å². The fourth-order valence-electron chi connectivity index (χ4n) is 2.33. The number of rotatable bonds is 6. The van der Waals surface area contributed by atoms with E-state index in [4.69, 9.17) is 9.47 Å². The molecule has 0 bridgehead atoms. The van der Waals surface area contributed by atoms with Gasteiger partial charge in [-0.3, -0.25) is 0 Å². The first-order chi connectivity index (χ1) is 12.2. The molecular weight excluding hydrogens is 334 g/mol. The number of hydrogen-bond donors (Lipinski definition) is 2. The van der Waals surface area contributed by atoms with E-state index >= 15 is 0 Å². The number of dihydropyridines is 1. The van der Waals surface area contributed by atoms with E-state index in [0.29, 0.717) is 12.0 Å². The van der Waals surface area contributed by atoms with Crippen LogP contribution in [0, 0.1) is 0 Å². The SMILES string of the molecule is CC(C)(C)OC(=O)[C@](O)(CCc1ccccc1)OC(=O)C1=CC=CNC1. The molecule has 0 aliphatic carbocycles. The van der Waals surface area contributed by atoms with Crippen molar-refractivity contribution in [2.75, 3.05) is 6.54 Å². The number of carbonyl (C=O) groups excluding carboxylic acids is 2. The number of ether oxygens (including phenoxy) is 2. The molecule has 0 unspecified atom stereocenters. The van der Waals surface area contributed by atoms with Crippen molar-refractivity contribution in [2.24, 2.45) is 0 Å². The number of allylic oxidation sites excluding steroid dienone is 2. The molecule has 0 saturated carbocycles. The average Bonchev–Trinajstić information content (AvgIpc) is 2.60. The second-order valence-corrected chi connectivity index (χ2v) is 7.09. The van der Waals surface area contributed by atoms with Crippen LogP contribution in [0.4, 0.5) is 0 Å². The average molecular weight is 359 g/mol. The number of nitrogens with one attached hydrogen (secondary N) is 1. The monoisotopic (exact) mass is 359 g/mol. The third-order valence-corrected chi connectivity index (χ3v) is 3.64. The van der Waals surface area contributed by atoms with Crippen LogP contribution in [0.3, 0.4) is 0 Å². The summed E-state index contributed by atoms with van der Waals surface area (Å²) in [6.45, 7) is 5.31. The fraction of sp³-hybridized carbons (Fsp3) is 0.400. The second-order valence-electron chi connectivity index (χ2n) is 7.09. The zero-order chi connectivity index (χ0) is 19.2. The molecule has 0 aromatic heterocycles. The largest absolute Gasteiger partial charge is 0.455 e. The first kappa shape index (κ1) is 19.7. The molecule has 1 heterocycles. The minimum Gasteiger partial charge on any atom is -0.455 e. The molecule has 2 rings (SSSR count). The molecule has 140 valence electrons. The standard InChI is InChI=1S/C20H25NO5/c1-19(2,3)26-18(23)20(24,12-11-15-8-5-4-6-9-15)25-17(22)16-10-7-13-21-14-16/h4-10,13,21,24H,11-12,14H2,1-3H3/t20-/m0/s1. The summed E-state index contributed by atoms with van der Waals surface area (Å²) in [6.07, 6.45) is 5.16. The Labute approximate surface area is 153 Å². The molecule has 0 saturated heterocycles. The minimum absolute atomic E-state index is 0.103. The molecule has 6 heteroatoms. The minimum atomic E-state index is -2.36. The van der Waals surface area contributed by atoms with Crippen molar-refractivity contribution in [3.8, 4) is 0 Å². The van der Waals surface area contributed by atoms with Crippen molar-refractivity contribution >= 4 is 11.9 Å². The molecule has 0 fully saturated rings. The van der Waals surface area contributed by atoms with Gasteiger partial charge < -0.3 is 19.9 Å². The van der Waals surface area contributed by atoms with Crippen LogP contribution < -0.4 is 5.32 Å². The lowest BCUT2D eigenvalue weighted by Gasteiger charge is -2.30. The third kappa shape index (κ3) is 5.74. The summed E-state index contributed by atoms with van der Waals surface area (Å²) in [6, 6.07) is 9.34. The summed E-state index contributed by atoms with van der Waals surface area (Å²) in [5, 5.41) is 13.7. The van der Waals surface area contributed by atoms with E-state index < -0.39 is 23.3 Å². The molecule has 2 N–H and O–H groups in total. The lowest BCUT2D eigenvalue weighted by molar-refractivity contribution is -0.233. The number of carbonyl (C=O) groups is 2. The Morgan fingerprint density at radius 1 is 1.15 bits per heavy atom. The molecular formula is C20H25NO5. The molecule has 1 aliphatic rings. The predicted molar refractivity (Wildman–Crippen MR) is 96.9 cm³/mol. The van der Waals surface area contributed by atoms with Crippen molar-refractivity contribution in [3.63, 3.8) is 0 Å². The van der Waals surface area contributed by atoms with Gasteiger partial charge in [0.25, 0.3) is 0 Å². The fourth-order valence-corrected chi connectivity index (χ4v) is 2.33. The summed E-state index contributed by atoms with van der Waals surface area (Å²) in [5.41, 5.74) is 0.403. The van der Waals surface area contributed by atoms with Gasteiger partial charge in [0.2, 0.25) is 0 Å².